The lowest BCUT2D eigenvalue weighted by molar-refractivity contribution is -0.141. The quantitative estimate of drug-likeness (QED) is 0.275. The van der Waals surface area contributed by atoms with Gasteiger partial charge in [-0.2, -0.15) is 18.4 Å². The van der Waals surface area contributed by atoms with Crippen molar-refractivity contribution in [3.8, 4) is 11.8 Å². The van der Waals surface area contributed by atoms with Crippen molar-refractivity contribution in [2.24, 2.45) is 0 Å². The van der Waals surface area contributed by atoms with Crippen LogP contribution in [0.15, 0.2) is 66.7 Å². The summed E-state index contributed by atoms with van der Waals surface area (Å²) < 4.78 is 47.2. The Morgan fingerprint density at radius 2 is 1.49 bits per heavy atom. The highest BCUT2D eigenvalue weighted by Gasteiger charge is 2.54. The highest BCUT2D eigenvalue weighted by Crippen LogP contribution is 2.46. The maximum Gasteiger partial charge on any atom is 0.416 e. The van der Waals surface area contributed by atoms with Gasteiger partial charge in [-0.05, 0) is 54.4 Å². The number of carbonyl (C=O) groups excluding carboxylic acids is 1. The number of ether oxygens (including phenoxy) is 1. The molecule has 2 aliphatic heterocycles. The van der Waals surface area contributed by atoms with Gasteiger partial charge in [0.05, 0.1) is 30.3 Å². The molecule has 13 heteroatoms. The fourth-order valence-corrected chi connectivity index (χ4v) is 6.12. The molecule has 5 rings (SSSR count). The largest absolute Gasteiger partial charge is 0.493 e. The number of carbonyl (C=O) groups is 1. The average molecular weight is 683 g/mol. The van der Waals surface area contributed by atoms with Gasteiger partial charge < -0.3 is 9.64 Å². The molecule has 45 heavy (non-hydrogen) atoms. The molecule has 2 heterocycles. The van der Waals surface area contributed by atoms with Crippen molar-refractivity contribution in [1.29, 1.82) is 5.26 Å². The van der Waals surface area contributed by atoms with E-state index in [2.05, 4.69) is 21.6 Å². The minimum Gasteiger partial charge on any atom is -0.493 e. The summed E-state index contributed by atoms with van der Waals surface area (Å²) in [6.45, 7) is 4.28. The summed E-state index contributed by atoms with van der Waals surface area (Å²) >= 11 is 12.4. The monoisotopic (exact) mass is 681 g/mol. The summed E-state index contributed by atoms with van der Waals surface area (Å²) in [6, 6.07) is 18.8. The predicted octanol–water partition coefficient (Wildman–Crippen LogP) is 6.72. The van der Waals surface area contributed by atoms with Gasteiger partial charge in [0.1, 0.15) is 5.75 Å². The lowest BCUT2D eigenvalue weighted by Crippen LogP contribution is -2.62. The van der Waals surface area contributed by atoms with Crippen molar-refractivity contribution in [1.82, 2.24) is 20.4 Å². The Labute approximate surface area is 276 Å². The summed E-state index contributed by atoms with van der Waals surface area (Å²) in [4.78, 5) is 18.6. The number of nitrogens with zero attached hydrogens (tertiary/aromatic N) is 3. The average Bonchev–Trinajstić information content (AvgIpc) is 3.42. The molecule has 2 aliphatic rings. The number of amides is 1. The number of benzene rings is 3. The van der Waals surface area contributed by atoms with Crippen LogP contribution in [-0.2, 0) is 16.6 Å². The summed E-state index contributed by atoms with van der Waals surface area (Å²) in [5, 5.41) is 17.1. The van der Waals surface area contributed by atoms with E-state index in [1.165, 1.54) is 6.07 Å². The van der Waals surface area contributed by atoms with Crippen LogP contribution in [0.2, 0.25) is 10.0 Å². The fraction of sp³-hybridized carbons (Fsp3) is 0.375. The highest BCUT2D eigenvalue weighted by atomic mass is 35.5. The minimum atomic E-state index is -4.60. The fourth-order valence-electron chi connectivity index (χ4n) is 5.86. The molecule has 7 nitrogen and oxygen atoms in total. The molecular weight excluding hydrogens is 650 g/mol. The SMILES string of the molecule is CCOc1cc(C(F)(F)F)ccc1C1(C(=O)N2CCN(CCC#N)CC2)NC(c2ccc(Cl)cc2)C(c2ccc(Cl)cc2)N1.Cl. The molecule has 3 aromatic carbocycles. The topological polar surface area (TPSA) is 80.6 Å². The Morgan fingerprint density at radius 3 is 1.96 bits per heavy atom. The Morgan fingerprint density at radius 1 is 0.956 bits per heavy atom. The Balaban J connectivity index is 0.00000461. The van der Waals surface area contributed by atoms with E-state index in [0.29, 0.717) is 49.2 Å². The van der Waals surface area contributed by atoms with E-state index in [1.54, 1.807) is 36.1 Å². The normalized spacial score (nSPS) is 22.0. The van der Waals surface area contributed by atoms with Gasteiger partial charge in [0.15, 0.2) is 5.66 Å². The van der Waals surface area contributed by atoms with Crippen LogP contribution in [-0.4, -0.2) is 55.0 Å². The standard InChI is InChI=1S/C32H32Cl2F3N5O2.ClH/c1-2-44-27-20-23(32(35,36)37)8-13-26(27)31(30(43)42-18-16-41(17-19-42)15-3-14-38)39-28(21-4-9-24(33)10-5-21)29(40-31)22-6-11-25(34)12-7-22;/h4-13,20,28-29,39-40H,2-3,15-19H2,1H3;1H. The van der Waals surface area contributed by atoms with Crippen molar-refractivity contribution < 1.29 is 22.7 Å². The number of halogens is 6. The number of piperazine rings is 1. The molecule has 2 atom stereocenters. The zero-order valence-corrected chi connectivity index (χ0v) is 26.7. The Hall–Kier alpha value is -3.04. The van der Waals surface area contributed by atoms with Crippen LogP contribution in [0, 0.1) is 11.3 Å². The third-order valence-corrected chi connectivity index (χ3v) is 8.57. The number of hydrogen-bond donors (Lipinski definition) is 2. The van der Waals surface area contributed by atoms with Crippen molar-refractivity contribution >= 4 is 41.5 Å². The molecule has 0 saturated carbocycles. The van der Waals surface area contributed by atoms with Crippen LogP contribution in [0.4, 0.5) is 13.2 Å². The second-order valence-electron chi connectivity index (χ2n) is 10.8. The first-order chi connectivity index (χ1) is 21.1. The molecule has 2 saturated heterocycles. The molecule has 1 amide bonds. The molecule has 0 bridgehead atoms. The molecule has 2 unspecified atom stereocenters. The summed E-state index contributed by atoms with van der Waals surface area (Å²) in [6.07, 6.45) is -4.22. The third-order valence-electron chi connectivity index (χ3n) is 8.07. The van der Waals surface area contributed by atoms with Crippen LogP contribution < -0.4 is 15.4 Å². The van der Waals surface area contributed by atoms with Gasteiger partial charge in [0, 0.05) is 54.8 Å². The van der Waals surface area contributed by atoms with Crippen LogP contribution in [0.1, 0.15) is 47.7 Å². The van der Waals surface area contributed by atoms with E-state index in [4.69, 9.17) is 33.2 Å². The van der Waals surface area contributed by atoms with E-state index < -0.39 is 29.5 Å². The lowest BCUT2D eigenvalue weighted by Gasteiger charge is -2.40. The molecule has 0 spiro atoms. The van der Waals surface area contributed by atoms with Crippen molar-refractivity contribution in [2.75, 3.05) is 39.3 Å². The molecule has 0 aromatic heterocycles. The van der Waals surface area contributed by atoms with Gasteiger partial charge in [-0.25, -0.2) is 0 Å². The number of nitrogens with one attached hydrogen (secondary N) is 2. The van der Waals surface area contributed by atoms with Gasteiger partial charge in [-0.1, -0.05) is 53.5 Å². The Kier molecular flexibility index (Phi) is 11.3. The van der Waals surface area contributed by atoms with Gasteiger partial charge in [0.25, 0.3) is 5.91 Å². The van der Waals surface area contributed by atoms with E-state index in [9.17, 15) is 18.0 Å². The lowest BCUT2D eigenvalue weighted by atomic mass is 9.94. The first-order valence-corrected chi connectivity index (χ1v) is 15.1. The van der Waals surface area contributed by atoms with Crippen molar-refractivity contribution in [2.45, 2.75) is 37.3 Å². The zero-order chi connectivity index (χ0) is 31.5. The molecule has 240 valence electrons. The smallest absolute Gasteiger partial charge is 0.416 e. The highest BCUT2D eigenvalue weighted by molar-refractivity contribution is 6.30. The van der Waals surface area contributed by atoms with Gasteiger partial charge in [-0.3, -0.25) is 20.3 Å². The molecule has 2 N–H and O–H groups in total. The van der Waals surface area contributed by atoms with Gasteiger partial charge in [-0.15, -0.1) is 12.4 Å². The summed E-state index contributed by atoms with van der Waals surface area (Å²) in [5.74, 6) is -0.386. The molecule has 0 aliphatic carbocycles. The molecule has 3 aromatic rings. The second-order valence-corrected chi connectivity index (χ2v) is 11.7. The number of nitriles is 1. The van der Waals surface area contributed by atoms with E-state index in [1.807, 2.05) is 24.3 Å². The molecule has 0 radical (unpaired) electrons. The Bertz CT molecular complexity index is 1450. The zero-order valence-electron chi connectivity index (χ0n) is 24.4. The molecular formula is C32H33Cl3F3N5O2. The van der Waals surface area contributed by atoms with Crippen LogP contribution in [0.3, 0.4) is 0 Å². The minimum absolute atomic E-state index is 0. The number of hydrogen-bond acceptors (Lipinski definition) is 6. The first-order valence-electron chi connectivity index (χ1n) is 14.3. The first kappa shape index (κ1) is 34.8. The van der Waals surface area contributed by atoms with E-state index >= 15 is 0 Å². The maximum absolute atomic E-state index is 14.8. The number of rotatable bonds is 8. The van der Waals surface area contributed by atoms with Crippen LogP contribution >= 0.6 is 35.6 Å². The number of alkyl halides is 3. The second kappa shape index (κ2) is 14.6. The molecule has 2 fully saturated rings. The third kappa shape index (κ3) is 7.51. The predicted molar refractivity (Wildman–Crippen MR) is 169 cm³/mol. The maximum atomic E-state index is 14.8. The van der Waals surface area contributed by atoms with E-state index in [-0.39, 0.29) is 36.2 Å². The van der Waals surface area contributed by atoms with Crippen LogP contribution in [0.25, 0.3) is 0 Å². The van der Waals surface area contributed by atoms with Crippen molar-refractivity contribution in [3.05, 3.63) is 99.0 Å². The van der Waals surface area contributed by atoms with Crippen molar-refractivity contribution in [3.63, 3.8) is 0 Å². The summed E-state index contributed by atoms with van der Waals surface area (Å²) in [7, 11) is 0. The van der Waals surface area contributed by atoms with E-state index in [0.717, 1.165) is 23.3 Å². The van der Waals surface area contributed by atoms with Gasteiger partial charge >= 0.3 is 6.18 Å². The summed E-state index contributed by atoms with van der Waals surface area (Å²) in [5.41, 5.74) is -0.636. The van der Waals surface area contributed by atoms with Crippen LogP contribution in [0.5, 0.6) is 5.75 Å². The van der Waals surface area contributed by atoms with Gasteiger partial charge in [0.2, 0.25) is 0 Å².